The number of rotatable bonds is 6. The standard InChI is InChI=1S/C16H25N3O2/c1-3-4-9-19(2)14-5-6-15(17-12-14)18-16(20)13-7-10-21-11-8-13/h5-6,12-13H,3-4,7-11H2,1-2H3,(H,17,18,20). The Bertz CT molecular complexity index is 441. The predicted molar refractivity (Wildman–Crippen MR) is 84.6 cm³/mol. The molecule has 0 spiro atoms. The van der Waals surface area contributed by atoms with E-state index >= 15 is 0 Å². The van der Waals surface area contributed by atoms with Gasteiger partial charge in [-0.3, -0.25) is 4.79 Å². The summed E-state index contributed by atoms with van der Waals surface area (Å²) in [5.41, 5.74) is 1.08. The molecule has 1 N–H and O–H groups in total. The fourth-order valence-electron chi connectivity index (χ4n) is 2.40. The molecule has 0 aliphatic carbocycles. The van der Waals surface area contributed by atoms with Crippen molar-refractivity contribution in [1.82, 2.24) is 4.98 Å². The second-order valence-corrected chi connectivity index (χ2v) is 5.55. The zero-order valence-electron chi connectivity index (χ0n) is 13.0. The Morgan fingerprint density at radius 1 is 1.43 bits per heavy atom. The highest BCUT2D eigenvalue weighted by molar-refractivity contribution is 5.91. The molecule has 2 rings (SSSR count). The molecule has 0 aromatic carbocycles. The fourth-order valence-corrected chi connectivity index (χ4v) is 2.40. The van der Waals surface area contributed by atoms with Gasteiger partial charge in [0.2, 0.25) is 5.91 Å². The number of nitrogens with zero attached hydrogens (tertiary/aromatic N) is 2. The molecule has 1 aliphatic heterocycles. The summed E-state index contributed by atoms with van der Waals surface area (Å²) in [4.78, 5) is 18.6. The third-order valence-electron chi connectivity index (χ3n) is 3.88. The Hall–Kier alpha value is -1.62. The lowest BCUT2D eigenvalue weighted by Crippen LogP contribution is -2.28. The molecule has 1 saturated heterocycles. The molecular weight excluding hydrogens is 266 g/mol. The summed E-state index contributed by atoms with van der Waals surface area (Å²) < 4.78 is 5.27. The predicted octanol–water partition coefficient (Wildman–Crippen LogP) is 2.68. The zero-order valence-corrected chi connectivity index (χ0v) is 13.0. The average molecular weight is 291 g/mol. The van der Waals surface area contributed by atoms with E-state index in [0.29, 0.717) is 19.0 Å². The Kier molecular flexibility index (Phi) is 5.99. The van der Waals surface area contributed by atoms with Gasteiger partial charge in [-0.1, -0.05) is 13.3 Å². The van der Waals surface area contributed by atoms with Crippen LogP contribution in [-0.4, -0.2) is 37.7 Å². The Labute approximate surface area is 126 Å². The molecular formula is C16H25N3O2. The minimum atomic E-state index is 0.0486. The van der Waals surface area contributed by atoms with Crippen LogP contribution in [0.1, 0.15) is 32.6 Å². The van der Waals surface area contributed by atoms with Gasteiger partial charge in [-0.05, 0) is 31.4 Å². The van der Waals surface area contributed by atoms with Gasteiger partial charge in [0.15, 0.2) is 0 Å². The van der Waals surface area contributed by atoms with Crippen LogP contribution in [0, 0.1) is 5.92 Å². The van der Waals surface area contributed by atoms with Crippen LogP contribution in [0.5, 0.6) is 0 Å². The van der Waals surface area contributed by atoms with Crippen molar-refractivity contribution >= 4 is 17.4 Å². The highest BCUT2D eigenvalue weighted by atomic mass is 16.5. The molecule has 0 bridgehead atoms. The maximum atomic E-state index is 12.1. The van der Waals surface area contributed by atoms with Crippen LogP contribution in [0.25, 0.3) is 0 Å². The largest absolute Gasteiger partial charge is 0.381 e. The average Bonchev–Trinajstić information content (AvgIpc) is 2.54. The van der Waals surface area contributed by atoms with E-state index in [1.807, 2.05) is 18.3 Å². The number of carbonyl (C=O) groups is 1. The maximum absolute atomic E-state index is 12.1. The van der Waals surface area contributed by atoms with Crippen molar-refractivity contribution in [3.63, 3.8) is 0 Å². The second-order valence-electron chi connectivity index (χ2n) is 5.55. The number of aromatic nitrogens is 1. The number of carbonyl (C=O) groups excluding carboxylic acids is 1. The van der Waals surface area contributed by atoms with Crippen molar-refractivity contribution in [2.75, 3.05) is 37.0 Å². The number of hydrogen-bond acceptors (Lipinski definition) is 4. The summed E-state index contributed by atoms with van der Waals surface area (Å²) >= 11 is 0. The summed E-state index contributed by atoms with van der Waals surface area (Å²) in [5.74, 6) is 0.726. The molecule has 21 heavy (non-hydrogen) atoms. The Balaban J connectivity index is 1.88. The van der Waals surface area contributed by atoms with Gasteiger partial charge < -0.3 is 15.0 Å². The first-order valence-electron chi connectivity index (χ1n) is 7.76. The van der Waals surface area contributed by atoms with Gasteiger partial charge in [0.25, 0.3) is 0 Å². The molecule has 0 saturated carbocycles. The zero-order chi connectivity index (χ0) is 15.1. The van der Waals surface area contributed by atoms with Crippen LogP contribution >= 0.6 is 0 Å². The summed E-state index contributed by atoms with van der Waals surface area (Å²) in [6.07, 6.45) is 5.75. The Morgan fingerprint density at radius 3 is 2.81 bits per heavy atom. The number of pyridine rings is 1. The maximum Gasteiger partial charge on any atom is 0.228 e. The van der Waals surface area contributed by atoms with Crippen molar-refractivity contribution in [2.45, 2.75) is 32.6 Å². The van der Waals surface area contributed by atoms with Gasteiger partial charge in [-0.25, -0.2) is 4.98 Å². The second kappa shape index (κ2) is 7.98. The third-order valence-corrected chi connectivity index (χ3v) is 3.88. The fraction of sp³-hybridized carbons (Fsp3) is 0.625. The monoisotopic (exact) mass is 291 g/mol. The third kappa shape index (κ3) is 4.70. The number of unbranched alkanes of at least 4 members (excludes halogenated alkanes) is 1. The van der Waals surface area contributed by atoms with Gasteiger partial charge in [0.05, 0.1) is 11.9 Å². The van der Waals surface area contributed by atoms with Crippen LogP contribution in [0.3, 0.4) is 0 Å². The molecule has 0 atom stereocenters. The number of nitrogens with one attached hydrogen (secondary N) is 1. The van der Waals surface area contributed by atoms with E-state index < -0.39 is 0 Å². The van der Waals surface area contributed by atoms with E-state index in [9.17, 15) is 4.79 Å². The van der Waals surface area contributed by atoms with Crippen molar-refractivity contribution in [1.29, 1.82) is 0 Å². The quantitative estimate of drug-likeness (QED) is 0.875. The first-order chi connectivity index (χ1) is 10.2. The topological polar surface area (TPSA) is 54.5 Å². The lowest BCUT2D eigenvalue weighted by Gasteiger charge is -2.21. The van der Waals surface area contributed by atoms with Gasteiger partial charge in [-0.2, -0.15) is 0 Å². The molecule has 1 fully saturated rings. The summed E-state index contributed by atoms with van der Waals surface area (Å²) in [5, 5.41) is 2.90. The van der Waals surface area contributed by atoms with Crippen LogP contribution < -0.4 is 10.2 Å². The molecule has 5 nitrogen and oxygen atoms in total. The first-order valence-corrected chi connectivity index (χ1v) is 7.76. The minimum Gasteiger partial charge on any atom is -0.381 e. The van der Waals surface area contributed by atoms with E-state index in [2.05, 4.69) is 29.2 Å². The number of anilines is 2. The van der Waals surface area contributed by atoms with Gasteiger partial charge >= 0.3 is 0 Å². The molecule has 116 valence electrons. The van der Waals surface area contributed by atoms with Gasteiger partial charge in [0, 0.05) is 32.7 Å². The van der Waals surface area contributed by atoms with Crippen molar-refractivity contribution in [2.24, 2.45) is 5.92 Å². The van der Waals surface area contributed by atoms with E-state index in [1.54, 1.807) is 0 Å². The number of amides is 1. The van der Waals surface area contributed by atoms with Crippen LogP contribution in [0.15, 0.2) is 18.3 Å². The van der Waals surface area contributed by atoms with Gasteiger partial charge in [0.1, 0.15) is 5.82 Å². The molecule has 0 unspecified atom stereocenters. The smallest absolute Gasteiger partial charge is 0.228 e. The van der Waals surface area contributed by atoms with E-state index in [1.165, 1.54) is 12.8 Å². The number of hydrogen-bond donors (Lipinski definition) is 1. The van der Waals surface area contributed by atoms with Crippen LogP contribution in [0.4, 0.5) is 11.5 Å². The summed E-state index contributed by atoms with van der Waals surface area (Å²) in [6, 6.07) is 3.87. The van der Waals surface area contributed by atoms with Crippen molar-refractivity contribution in [3.8, 4) is 0 Å². The lowest BCUT2D eigenvalue weighted by molar-refractivity contribution is -0.122. The van der Waals surface area contributed by atoms with Crippen LogP contribution in [0.2, 0.25) is 0 Å². The Morgan fingerprint density at radius 2 is 2.19 bits per heavy atom. The molecule has 1 aromatic rings. The highest BCUT2D eigenvalue weighted by Crippen LogP contribution is 2.18. The minimum absolute atomic E-state index is 0.0486. The molecule has 0 radical (unpaired) electrons. The first kappa shape index (κ1) is 15.8. The molecule has 1 amide bonds. The molecule has 1 aromatic heterocycles. The van der Waals surface area contributed by atoms with Gasteiger partial charge in [-0.15, -0.1) is 0 Å². The van der Waals surface area contributed by atoms with E-state index in [4.69, 9.17) is 4.74 Å². The van der Waals surface area contributed by atoms with Crippen LogP contribution in [-0.2, 0) is 9.53 Å². The molecule has 5 heteroatoms. The molecule has 2 heterocycles. The number of ether oxygens (including phenoxy) is 1. The van der Waals surface area contributed by atoms with E-state index in [-0.39, 0.29) is 11.8 Å². The summed E-state index contributed by atoms with van der Waals surface area (Å²) in [6.45, 7) is 4.55. The molecule has 1 aliphatic rings. The van der Waals surface area contributed by atoms with Crippen molar-refractivity contribution in [3.05, 3.63) is 18.3 Å². The van der Waals surface area contributed by atoms with E-state index in [0.717, 1.165) is 25.1 Å². The SMILES string of the molecule is CCCCN(C)c1ccc(NC(=O)C2CCOCC2)nc1. The highest BCUT2D eigenvalue weighted by Gasteiger charge is 2.21. The van der Waals surface area contributed by atoms with Crippen molar-refractivity contribution < 1.29 is 9.53 Å². The summed E-state index contributed by atoms with van der Waals surface area (Å²) in [7, 11) is 2.06. The lowest BCUT2D eigenvalue weighted by atomic mass is 9.99. The normalized spacial score (nSPS) is 15.7.